The van der Waals surface area contributed by atoms with E-state index in [0.29, 0.717) is 18.5 Å². The average molecular weight is 330 g/mol. The van der Waals surface area contributed by atoms with E-state index in [0.717, 1.165) is 32.6 Å². The van der Waals surface area contributed by atoms with Gasteiger partial charge in [0.2, 0.25) is 0 Å². The van der Waals surface area contributed by atoms with Crippen molar-refractivity contribution in [2.75, 3.05) is 37.6 Å². The number of anilines is 1. The van der Waals surface area contributed by atoms with E-state index in [2.05, 4.69) is 48.3 Å². The molecule has 1 saturated carbocycles. The predicted molar refractivity (Wildman–Crippen MR) is 98.5 cm³/mol. The van der Waals surface area contributed by atoms with Gasteiger partial charge in [-0.05, 0) is 37.3 Å². The van der Waals surface area contributed by atoms with Crippen LogP contribution in [0, 0.1) is 12.8 Å². The Kier molecular flexibility index (Phi) is 5.77. The smallest absolute Gasteiger partial charge is 0.275 e. The molecule has 0 aromatic heterocycles. The predicted octanol–water partition coefficient (Wildman–Crippen LogP) is 1.39. The van der Waals surface area contributed by atoms with Gasteiger partial charge >= 0.3 is 0 Å². The van der Waals surface area contributed by atoms with Gasteiger partial charge in [-0.25, -0.2) is 0 Å². The van der Waals surface area contributed by atoms with Crippen molar-refractivity contribution in [3.05, 3.63) is 29.8 Å². The molecular weight excluding hydrogens is 298 g/mol. The lowest BCUT2D eigenvalue weighted by molar-refractivity contribution is -0.892. The van der Waals surface area contributed by atoms with Gasteiger partial charge in [0.1, 0.15) is 0 Å². The molecule has 0 unspecified atom stereocenters. The topological polar surface area (TPSA) is 36.8 Å². The van der Waals surface area contributed by atoms with Gasteiger partial charge in [-0.2, -0.15) is 0 Å². The molecule has 0 spiro atoms. The van der Waals surface area contributed by atoms with E-state index in [1.165, 1.54) is 35.4 Å². The number of carbonyl (C=O) groups is 1. The molecule has 2 N–H and O–H groups in total. The molecule has 2 atom stereocenters. The highest BCUT2D eigenvalue weighted by atomic mass is 16.2. The van der Waals surface area contributed by atoms with Crippen molar-refractivity contribution in [2.45, 2.75) is 45.6 Å². The molecule has 1 aromatic carbocycles. The van der Waals surface area contributed by atoms with Gasteiger partial charge in [0.15, 0.2) is 6.54 Å². The molecule has 0 bridgehead atoms. The van der Waals surface area contributed by atoms with Gasteiger partial charge in [0.05, 0.1) is 26.2 Å². The standard InChI is InChI=1S/C20H31N3O/c1-16-7-3-5-9-18(16)21-20(24)15-22-11-13-23(14-12-22)19-10-6-4-8-17(19)2/h4,6,8,10,16,18H,3,5,7,9,11-15H2,1-2H3,(H,21,24)/p+1/t16-,18+/m1/s1. The van der Waals surface area contributed by atoms with Crippen LogP contribution in [0.4, 0.5) is 5.69 Å². The maximum absolute atomic E-state index is 12.4. The summed E-state index contributed by atoms with van der Waals surface area (Å²) >= 11 is 0. The number of hydrogen-bond acceptors (Lipinski definition) is 2. The highest BCUT2D eigenvalue weighted by Crippen LogP contribution is 2.23. The van der Waals surface area contributed by atoms with E-state index in [-0.39, 0.29) is 5.91 Å². The summed E-state index contributed by atoms with van der Waals surface area (Å²) < 4.78 is 0. The quantitative estimate of drug-likeness (QED) is 0.875. The molecule has 4 heteroatoms. The van der Waals surface area contributed by atoms with Crippen molar-refractivity contribution in [1.29, 1.82) is 0 Å². The third-order valence-corrected chi connectivity index (χ3v) is 5.80. The molecule has 2 aliphatic rings. The first-order chi connectivity index (χ1) is 11.6. The zero-order chi connectivity index (χ0) is 16.9. The summed E-state index contributed by atoms with van der Waals surface area (Å²) in [4.78, 5) is 16.3. The van der Waals surface area contributed by atoms with Crippen LogP contribution in [0.2, 0.25) is 0 Å². The molecule has 0 radical (unpaired) electrons. The third-order valence-electron chi connectivity index (χ3n) is 5.80. The lowest BCUT2D eigenvalue weighted by Crippen LogP contribution is -3.16. The van der Waals surface area contributed by atoms with Crippen LogP contribution in [-0.4, -0.2) is 44.7 Å². The number of quaternary nitrogens is 1. The minimum absolute atomic E-state index is 0.244. The summed E-state index contributed by atoms with van der Waals surface area (Å²) in [5, 5.41) is 3.29. The molecule has 1 aliphatic carbocycles. The Hall–Kier alpha value is -1.55. The van der Waals surface area contributed by atoms with Crippen LogP contribution in [0.1, 0.15) is 38.2 Å². The van der Waals surface area contributed by atoms with Crippen molar-refractivity contribution in [2.24, 2.45) is 5.92 Å². The van der Waals surface area contributed by atoms with Crippen molar-refractivity contribution in [1.82, 2.24) is 5.32 Å². The largest absolute Gasteiger partial charge is 0.360 e. The molecule has 1 aliphatic heterocycles. The fraction of sp³-hybridized carbons (Fsp3) is 0.650. The highest BCUT2D eigenvalue weighted by molar-refractivity contribution is 5.77. The Morgan fingerprint density at radius 3 is 2.62 bits per heavy atom. The highest BCUT2D eigenvalue weighted by Gasteiger charge is 2.26. The van der Waals surface area contributed by atoms with Crippen LogP contribution < -0.4 is 15.1 Å². The lowest BCUT2D eigenvalue weighted by atomic mass is 9.86. The van der Waals surface area contributed by atoms with Crippen LogP contribution >= 0.6 is 0 Å². The normalized spacial score (nSPS) is 25.5. The number of carbonyl (C=O) groups excluding carboxylic acids is 1. The van der Waals surface area contributed by atoms with E-state index in [1.54, 1.807) is 0 Å². The molecule has 1 saturated heterocycles. The van der Waals surface area contributed by atoms with Crippen LogP contribution in [-0.2, 0) is 4.79 Å². The molecule has 1 aromatic rings. The first-order valence-electron chi connectivity index (χ1n) is 9.57. The molecule has 3 rings (SSSR count). The Morgan fingerprint density at radius 2 is 1.92 bits per heavy atom. The Bertz CT molecular complexity index is 552. The first kappa shape index (κ1) is 17.3. The third kappa shape index (κ3) is 4.29. The second-order valence-corrected chi connectivity index (χ2v) is 7.64. The molecular formula is C20H32N3O+. The lowest BCUT2D eigenvalue weighted by Gasteiger charge is -2.35. The maximum Gasteiger partial charge on any atom is 0.275 e. The molecule has 4 nitrogen and oxygen atoms in total. The number of aryl methyl sites for hydroxylation is 1. The molecule has 2 fully saturated rings. The summed E-state index contributed by atoms with van der Waals surface area (Å²) in [6, 6.07) is 8.99. The van der Waals surface area contributed by atoms with Crippen molar-refractivity contribution < 1.29 is 9.69 Å². The van der Waals surface area contributed by atoms with Crippen molar-refractivity contribution >= 4 is 11.6 Å². The zero-order valence-corrected chi connectivity index (χ0v) is 15.2. The van der Waals surface area contributed by atoms with Crippen LogP contribution in [0.3, 0.4) is 0 Å². The van der Waals surface area contributed by atoms with Crippen molar-refractivity contribution in [3.63, 3.8) is 0 Å². The number of amides is 1. The second-order valence-electron chi connectivity index (χ2n) is 7.64. The second kappa shape index (κ2) is 8.02. The van der Waals surface area contributed by atoms with Gasteiger partial charge in [-0.3, -0.25) is 4.79 Å². The van der Waals surface area contributed by atoms with Crippen molar-refractivity contribution in [3.8, 4) is 0 Å². The number of benzene rings is 1. The van der Waals surface area contributed by atoms with Crippen LogP contribution in [0.25, 0.3) is 0 Å². The van der Waals surface area contributed by atoms with Gasteiger partial charge in [0, 0.05) is 11.7 Å². The van der Waals surface area contributed by atoms with Gasteiger partial charge < -0.3 is 15.1 Å². The maximum atomic E-state index is 12.4. The zero-order valence-electron chi connectivity index (χ0n) is 15.2. The molecule has 1 amide bonds. The Balaban J connectivity index is 1.45. The summed E-state index contributed by atoms with van der Waals surface area (Å²) in [7, 11) is 0. The summed E-state index contributed by atoms with van der Waals surface area (Å²) in [5.74, 6) is 0.878. The van der Waals surface area contributed by atoms with E-state index in [9.17, 15) is 4.79 Å². The number of nitrogens with one attached hydrogen (secondary N) is 2. The first-order valence-corrected chi connectivity index (χ1v) is 9.57. The molecule has 132 valence electrons. The SMILES string of the molecule is Cc1ccccc1N1CC[NH+](CC(=O)N[C@H]2CCCC[C@H]2C)CC1. The van der Waals surface area contributed by atoms with Gasteiger partial charge in [-0.15, -0.1) is 0 Å². The summed E-state index contributed by atoms with van der Waals surface area (Å²) in [6.07, 6.45) is 4.99. The number of piperazine rings is 1. The Labute approximate surface area is 146 Å². The van der Waals surface area contributed by atoms with Crippen LogP contribution in [0.5, 0.6) is 0 Å². The van der Waals surface area contributed by atoms with E-state index < -0.39 is 0 Å². The monoisotopic (exact) mass is 330 g/mol. The van der Waals surface area contributed by atoms with Gasteiger partial charge in [0.25, 0.3) is 5.91 Å². The fourth-order valence-electron chi connectivity index (χ4n) is 4.17. The number of hydrogen-bond donors (Lipinski definition) is 2. The minimum Gasteiger partial charge on any atom is -0.360 e. The van der Waals surface area contributed by atoms with Crippen LogP contribution in [0.15, 0.2) is 24.3 Å². The van der Waals surface area contributed by atoms with Gasteiger partial charge in [-0.1, -0.05) is 38.0 Å². The number of rotatable bonds is 4. The molecule has 24 heavy (non-hydrogen) atoms. The minimum atomic E-state index is 0.244. The Morgan fingerprint density at radius 1 is 1.21 bits per heavy atom. The summed E-state index contributed by atoms with van der Waals surface area (Å²) in [5.41, 5.74) is 2.68. The fourth-order valence-corrected chi connectivity index (χ4v) is 4.17. The number of nitrogens with zero attached hydrogens (tertiary/aromatic N) is 1. The number of para-hydroxylation sites is 1. The molecule has 1 heterocycles. The van der Waals surface area contributed by atoms with E-state index >= 15 is 0 Å². The average Bonchev–Trinajstić information content (AvgIpc) is 2.58. The van der Waals surface area contributed by atoms with E-state index in [4.69, 9.17) is 0 Å². The van der Waals surface area contributed by atoms with E-state index in [1.807, 2.05) is 0 Å². The summed E-state index contributed by atoms with van der Waals surface area (Å²) in [6.45, 7) is 9.24.